The highest BCUT2D eigenvalue weighted by Gasteiger charge is 2.31. The molecule has 6 heteroatoms. The predicted octanol–water partition coefficient (Wildman–Crippen LogP) is 3.01. The number of aromatic nitrogens is 2. The van der Waals surface area contributed by atoms with E-state index in [1.54, 1.807) is 17.2 Å². The summed E-state index contributed by atoms with van der Waals surface area (Å²) in [6.07, 6.45) is 2.49. The summed E-state index contributed by atoms with van der Waals surface area (Å²) in [7, 11) is 0. The van der Waals surface area contributed by atoms with E-state index >= 15 is 0 Å². The first kappa shape index (κ1) is 16.2. The Bertz CT molecular complexity index is 958. The second kappa shape index (κ2) is 6.92. The summed E-state index contributed by atoms with van der Waals surface area (Å²) < 4.78 is 0. The van der Waals surface area contributed by atoms with Crippen LogP contribution in [0.25, 0.3) is 11.0 Å². The number of benzene rings is 1. The smallest absolute Gasteiger partial charge is 0.229 e. The number of amides is 2. The SMILES string of the molecule is O=C(Nc1ccc2cccnc2n1)C1CCN(c2ccccc2)C(=O)C1. The van der Waals surface area contributed by atoms with Gasteiger partial charge in [-0.05, 0) is 42.8 Å². The van der Waals surface area contributed by atoms with Crippen molar-refractivity contribution in [2.75, 3.05) is 16.8 Å². The molecule has 1 saturated heterocycles. The minimum atomic E-state index is -0.344. The molecule has 1 aromatic carbocycles. The van der Waals surface area contributed by atoms with Gasteiger partial charge in [0.05, 0.1) is 0 Å². The maximum Gasteiger partial charge on any atom is 0.229 e. The molecule has 6 nitrogen and oxygen atoms in total. The number of nitrogens with one attached hydrogen (secondary N) is 1. The lowest BCUT2D eigenvalue weighted by molar-refractivity contribution is -0.127. The molecule has 0 bridgehead atoms. The van der Waals surface area contributed by atoms with Gasteiger partial charge in [0.15, 0.2) is 5.65 Å². The molecule has 1 atom stereocenters. The van der Waals surface area contributed by atoms with Crippen LogP contribution in [0.5, 0.6) is 0 Å². The van der Waals surface area contributed by atoms with Crippen molar-refractivity contribution in [2.24, 2.45) is 5.92 Å². The zero-order valence-corrected chi connectivity index (χ0v) is 14.1. The molecule has 1 fully saturated rings. The van der Waals surface area contributed by atoms with E-state index in [0.29, 0.717) is 24.4 Å². The van der Waals surface area contributed by atoms with Crippen molar-refractivity contribution in [2.45, 2.75) is 12.8 Å². The minimum absolute atomic E-state index is 0.0317. The average molecular weight is 346 g/mol. The minimum Gasteiger partial charge on any atom is -0.312 e. The fourth-order valence-electron chi connectivity index (χ4n) is 3.19. The van der Waals surface area contributed by atoms with E-state index in [9.17, 15) is 9.59 Å². The summed E-state index contributed by atoms with van der Waals surface area (Å²) in [5.41, 5.74) is 1.46. The Morgan fingerprint density at radius 2 is 1.92 bits per heavy atom. The lowest BCUT2D eigenvalue weighted by Crippen LogP contribution is -2.42. The number of pyridine rings is 2. The number of carbonyl (C=O) groups excluding carboxylic acids is 2. The van der Waals surface area contributed by atoms with Crippen LogP contribution in [0.4, 0.5) is 11.5 Å². The number of hydrogen-bond donors (Lipinski definition) is 1. The molecule has 2 aromatic heterocycles. The molecular formula is C20H18N4O2. The van der Waals surface area contributed by atoms with Crippen LogP contribution in [0.1, 0.15) is 12.8 Å². The Morgan fingerprint density at radius 1 is 1.08 bits per heavy atom. The highest BCUT2D eigenvalue weighted by Crippen LogP contribution is 2.25. The largest absolute Gasteiger partial charge is 0.312 e. The van der Waals surface area contributed by atoms with Gasteiger partial charge >= 0.3 is 0 Å². The van der Waals surface area contributed by atoms with E-state index < -0.39 is 0 Å². The first-order valence-corrected chi connectivity index (χ1v) is 8.59. The standard InChI is InChI=1S/C20H18N4O2/c25-18-13-15(10-12-24(18)16-6-2-1-3-7-16)20(26)23-17-9-8-14-5-4-11-21-19(14)22-17/h1-9,11,15H,10,12-13H2,(H,21,22,23,26). The van der Waals surface area contributed by atoms with Crippen LogP contribution in [-0.4, -0.2) is 28.3 Å². The van der Waals surface area contributed by atoms with E-state index in [1.165, 1.54) is 0 Å². The third-order valence-corrected chi connectivity index (χ3v) is 4.58. The van der Waals surface area contributed by atoms with Gasteiger partial charge in [-0.15, -0.1) is 0 Å². The molecule has 1 unspecified atom stereocenters. The predicted molar refractivity (Wildman–Crippen MR) is 99.7 cm³/mol. The van der Waals surface area contributed by atoms with Crippen molar-refractivity contribution in [3.05, 3.63) is 60.8 Å². The molecule has 1 aliphatic heterocycles. The Hall–Kier alpha value is -3.28. The zero-order chi connectivity index (χ0) is 17.9. The van der Waals surface area contributed by atoms with Gasteiger partial charge in [-0.3, -0.25) is 9.59 Å². The van der Waals surface area contributed by atoms with Crippen LogP contribution in [-0.2, 0) is 9.59 Å². The summed E-state index contributed by atoms with van der Waals surface area (Å²) in [5.74, 6) is -0.0904. The summed E-state index contributed by atoms with van der Waals surface area (Å²) in [6.45, 7) is 0.535. The average Bonchev–Trinajstić information content (AvgIpc) is 2.68. The van der Waals surface area contributed by atoms with Crippen LogP contribution >= 0.6 is 0 Å². The number of fused-ring (bicyclic) bond motifs is 1. The van der Waals surface area contributed by atoms with Crippen LogP contribution in [0.15, 0.2) is 60.8 Å². The topological polar surface area (TPSA) is 75.2 Å². The molecule has 0 saturated carbocycles. The lowest BCUT2D eigenvalue weighted by atomic mass is 9.95. The van der Waals surface area contributed by atoms with Gasteiger partial charge in [-0.2, -0.15) is 0 Å². The molecule has 0 radical (unpaired) electrons. The second-order valence-corrected chi connectivity index (χ2v) is 6.31. The van der Waals surface area contributed by atoms with E-state index in [-0.39, 0.29) is 24.2 Å². The molecule has 4 rings (SSSR count). The summed E-state index contributed by atoms with van der Waals surface area (Å²) in [5, 5.41) is 3.73. The Kier molecular flexibility index (Phi) is 4.31. The van der Waals surface area contributed by atoms with E-state index in [0.717, 1.165) is 11.1 Å². The molecule has 1 N–H and O–H groups in total. The Labute approximate surface area is 150 Å². The van der Waals surface area contributed by atoms with E-state index in [2.05, 4.69) is 15.3 Å². The van der Waals surface area contributed by atoms with Crippen LogP contribution < -0.4 is 10.2 Å². The molecule has 0 spiro atoms. The molecule has 1 aliphatic rings. The fourth-order valence-corrected chi connectivity index (χ4v) is 3.19. The lowest BCUT2D eigenvalue weighted by Gasteiger charge is -2.31. The Morgan fingerprint density at radius 3 is 2.73 bits per heavy atom. The van der Waals surface area contributed by atoms with Gasteiger partial charge in [-0.1, -0.05) is 18.2 Å². The first-order chi connectivity index (χ1) is 12.7. The van der Waals surface area contributed by atoms with Gasteiger partial charge in [0.25, 0.3) is 0 Å². The number of nitrogens with zero attached hydrogens (tertiary/aromatic N) is 3. The highest BCUT2D eigenvalue weighted by molar-refractivity contribution is 6.00. The fraction of sp³-hybridized carbons (Fsp3) is 0.200. The van der Waals surface area contributed by atoms with Crippen LogP contribution in [0.3, 0.4) is 0 Å². The van der Waals surface area contributed by atoms with Crippen molar-refractivity contribution in [1.29, 1.82) is 0 Å². The third-order valence-electron chi connectivity index (χ3n) is 4.58. The normalized spacial score (nSPS) is 17.3. The monoisotopic (exact) mass is 346 g/mol. The number of para-hydroxylation sites is 1. The quantitative estimate of drug-likeness (QED) is 0.791. The van der Waals surface area contributed by atoms with Crippen molar-refractivity contribution in [1.82, 2.24) is 9.97 Å². The third kappa shape index (κ3) is 3.26. The van der Waals surface area contributed by atoms with Gasteiger partial charge in [-0.25, -0.2) is 9.97 Å². The maximum absolute atomic E-state index is 12.6. The molecule has 3 heterocycles. The van der Waals surface area contributed by atoms with Crippen molar-refractivity contribution in [3.63, 3.8) is 0 Å². The summed E-state index contributed by atoms with van der Waals surface area (Å²) in [4.78, 5) is 35.3. The Balaban J connectivity index is 1.43. The van der Waals surface area contributed by atoms with Crippen LogP contribution in [0, 0.1) is 5.92 Å². The summed E-state index contributed by atoms with van der Waals surface area (Å²) in [6, 6.07) is 16.9. The van der Waals surface area contributed by atoms with Crippen molar-refractivity contribution >= 4 is 34.4 Å². The van der Waals surface area contributed by atoms with Gasteiger partial charge < -0.3 is 10.2 Å². The van der Waals surface area contributed by atoms with Crippen molar-refractivity contribution < 1.29 is 9.59 Å². The molecule has 26 heavy (non-hydrogen) atoms. The van der Waals surface area contributed by atoms with Crippen LogP contribution in [0.2, 0.25) is 0 Å². The molecule has 2 amide bonds. The molecule has 130 valence electrons. The van der Waals surface area contributed by atoms with Gasteiger partial charge in [0.2, 0.25) is 11.8 Å². The number of anilines is 2. The van der Waals surface area contributed by atoms with E-state index in [4.69, 9.17) is 0 Å². The first-order valence-electron chi connectivity index (χ1n) is 8.59. The van der Waals surface area contributed by atoms with Crippen molar-refractivity contribution in [3.8, 4) is 0 Å². The summed E-state index contributed by atoms with van der Waals surface area (Å²) >= 11 is 0. The molecular weight excluding hydrogens is 328 g/mol. The van der Waals surface area contributed by atoms with Gasteiger partial charge in [0, 0.05) is 36.2 Å². The number of rotatable bonds is 3. The van der Waals surface area contributed by atoms with E-state index in [1.807, 2.05) is 48.5 Å². The molecule has 0 aliphatic carbocycles. The second-order valence-electron chi connectivity index (χ2n) is 6.31. The highest BCUT2D eigenvalue weighted by atomic mass is 16.2. The zero-order valence-electron chi connectivity index (χ0n) is 14.1. The number of carbonyl (C=O) groups is 2. The van der Waals surface area contributed by atoms with Gasteiger partial charge in [0.1, 0.15) is 5.82 Å². The maximum atomic E-state index is 12.6. The number of hydrogen-bond acceptors (Lipinski definition) is 4. The number of piperidine rings is 1. The molecule has 3 aromatic rings.